The second-order valence-electron chi connectivity index (χ2n) is 9.38. The summed E-state index contributed by atoms with van der Waals surface area (Å²) < 4.78 is 44.0. The molecule has 0 aliphatic carbocycles. The zero-order valence-corrected chi connectivity index (χ0v) is 20.0. The van der Waals surface area contributed by atoms with Gasteiger partial charge in [-0.05, 0) is 69.0 Å². The van der Waals surface area contributed by atoms with E-state index in [2.05, 4.69) is 10.6 Å². The molecule has 0 fully saturated rings. The number of nitrogens with one attached hydrogen (secondary N) is 2. The zero-order chi connectivity index (χ0) is 25.6. The van der Waals surface area contributed by atoms with Crippen molar-refractivity contribution in [1.29, 1.82) is 0 Å². The van der Waals surface area contributed by atoms with Crippen molar-refractivity contribution in [2.75, 3.05) is 24.5 Å². The Bertz CT molecular complexity index is 1060. The first-order valence-electron chi connectivity index (χ1n) is 11.4. The predicted molar refractivity (Wildman–Crippen MR) is 128 cm³/mol. The van der Waals surface area contributed by atoms with Crippen molar-refractivity contribution in [3.05, 3.63) is 71.8 Å². The van der Waals surface area contributed by atoms with Crippen molar-refractivity contribution in [2.24, 2.45) is 5.92 Å². The number of nitrogens with zero attached hydrogens (tertiary/aromatic N) is 1. The van der Waals surface area contributed by atoms with E-state index in [0.717, 1.165) is 29.8 Å². The molecule has 0 bridgehead atoms. The lowest BCUT2D eigenvalue weighted by Crippen LogP contribution is -2.39. The van der Waals surface area contributed by atoms with Crippen molar-refractivity contribution < 1.29 is 27.5 Å². The van der Waals surface area contributed by atoms with Gasteiger partial charge in [-0.25, -0.2) is 4.79 Å². The Hall–Kier alpha value is -3.49. The SMILES string of the molecule is CC(C)(C)OC(=O)NC/C=C/C(=O)NCC1Cc2ccccc2N(c2ccc(C(F)(F)F)cc2)C1. The van der Waals surface area contributed by atoms with Crippen LogP contribution >= 0.6 is 0 Å². The molecule has 2 aromatic rings. The number of alkyl carbamates (subject to hydrolysis) is 1. The van der Waals surface area contributed by atoms with Crippen LogP contribution in [0.1, 0.15) is 31.9 Å². The Morgan fingerprint density at radius 2 is 1.74 bits per heavy atom. The molecule has 35 heavy (non-hydrogen) atoms. The van der Waals surface area contributed by atoms with E-state index in [0.29, 0.717) is 18.8 Å². The van der Waals surface area contributed by atoms with E-state index >= 15 is 0 Å². The van der Waals surface area contributed by atoms with Crippen LogP contribution in [0.15, 0.2) is 60.7 Å². The lowest BCUT2D eigenvalue weighted by molar-refractivity contribution is -0.137. The highest BCUT2D eigenvalue weighted by Crippen LogP contribution is 2.37. The van der Waals surface area contributed by atoms with Crippen molar-refractivity contribution in [3.8, 4) is 0 Å². The van der Waals surface area contributed by atoms with Crippen molar-refractivity contribution in [3.63, 3.8) is 0 Å². The summed E-state index contributed by atoms with van der Waals surface area (Å²) in [4.78, 5) is 25.8. The van der Waals surface area contributed by atoms with E-state index in [1.807, 2.05) is 29.2 Å². The second-order valence-corrected chi connectivity index (χ2v) is 9.38. The fourth-order valence-corrected chi connectivity index (χ4v) is 3.82. The molecule has 0 aromatic heterocycles. The van der Waals surface area contributed by atoms with Gasteiger partial charge in [-0.1, -0.05) is 24.3 Å². The van der Waals surface area contributed by atoms with Gasteiger partial charge in [0.2, 0.25) is 5.91 Å². The third-order valence-electron chi connectivity index (χ3n) is 5.34. The second kappa shape index (κ2) is 10.8. The summed E-state index contributed by atoms with van der Waals surface area (Å²) in [6, 6.07) is 12.9. The Morgan fingerprint density at radius 3 is 2.40 bits per heavy atom. The molecular formula is C26H30F3N3O3. The van der Waals surface area contributed by atoms with E-state index < -0.39 is 23.4 Å². The summed E-state index contributed by atoms with van der Waals surface area (Å²) in [5.74, 6) is -0.236. The number of anilines is 2. The van der Waals surface area contributed by atoms with Gasteiger partial charge >= 0.3 is 12.3 Å². The summed E-state index contributed by atoms with van der Waals surface area (Å²) in [5.41, 5.74) is 1.38. The van der Waals surface area contributed by atoms with Crippen molar-refractivity contribution >= 4 is 23.4 Å². The quantitative estimate of drug-likeness (QED) is 0.547. The number of rotatable bonds is 6. The fourth-order valence-electron chi connectivity index (χ4n) is 3.82. The number of halogens is 3. The third kappa shape index (κ3) is 7.77. The van der Waals surface area contributed by atoms with E-state index in [9.17, 15) is 22.8 Å². The molecular weight excluding hydrogens is 459 g/mol. The molecule has 188 valence electrons. The summed E-state index contributed by atoms with van der Waals surface area (Å²) in [7, 11) is 0. The van der Waals surface area contributed by atoms with Crippen molar-refractivity contribution in [2.45, 2.75) is 39.0 Å². The number of hydrogen-bond donors (Lipinski definition) is 2. The monoisotopic (exact) mass is 489 g/mol. The summed E-state index contributed by atoms with van der Waals surface area (Å²) in [5, 5.41) is 5.41. The van der Waals surface area contributed by atoms with E-state index in [-0.39, 0.29) is 18.4 Å². The molecule has 2 amide bonds. The minimum atomic E-state index is -4.39. The van der Waals surface area contributed by atoms with Gasteiger partial charge in [-0.15, -0.1) is 0 Å². The van der Waals surface area contributed by atoms with Gasteiger partial charge in [0, 0.05) is 37.1 Å². The molecule has 0 saturated heterocycles. The van der Waals surface area contributed by atoms with Gasteiger partial charge < -0.3 is 20.3 Å². The first kappa shape index (κ1) is 26.1. The highest BCUT2D eigenvalue weighted by molar-refractivity contribution is 5.87. The highest BCUT2D eigenvalue weighted by Gasteiger charge is 2.31. The lowest BCUT2D eigenvalue weighted by atomic mass is 9.91. The maximum absolute atomic E-state index is 13.0. The first-order valence-corrected chi connectivity index (χ1v) is 11.4. The van der Waals surface area contributed by atoms with Crippen LogP contribution in [-0.4, -0.2) is 37.2 Å². The molecule has 0 spiro atoms. The highest BCUT2D eigenvalue weighted by atomic mass is 19.4. The molecule has 1 aliphatic rings. The topological polar surface area (TPSA) is 70.7 Å². The van der Waals surface area contributed by atoms with Gasteiger partial charge in [-0.3, -0.25) is 4.79 Å². The molecule has 1 aliphatic heterocycles. The predicted octanol–water partition coefficient (Wildman–Crippen LogP) is 5.21. The summed E-state index contributed by atoms with van der Waals surface area (Å²) in [6.07, 6.45) is -1.34. The van der Waals surface area contributed by atoms with Crippen LogP contribution < -0.4 is 15.5 Å². The molecule has 0 radical (unpaired) electrons. The van der Waals surface area contributed by atoms with Crippen LogP contribution in [-0.2, 0) is 22.1 Å². The number of hydrogen-bond acceptors (Lipinski definition) is 4. The molecule has 2 N–H and O–H groups in total. The van der Waals surface area contributed by atoms with Crippen LogP contribution in [0.25, 0.3) is 0 Å². The minimum Gasteiger partial charge on any atom is -0.444 e. The molecule has 0 saturated carbocycles. The van der Waals surface area contributed by atoms with Crippen LogP contribution in [0, 0.1) is 5.92 Å². The minimum absolute atomic E-state index is 0.0597. The molecule has 1 heterocycles. The lowest BCUT2D eigenvalue weighted by Gasteiger charge is -2.36. The molecule has 1 atom stereocenters. The van der Waals surface area contributed by atoms with E-state index in [4.69, 9.17) is 4.74 Å². The van der Waals surface area contributed by atoms with E-state index in [1.54, 1.807) is 20.8 Å². The van der Waals surface area contributed by atoms with E-state index in [1.165, 1.54) is 24.3 Å². The van der Waals surface area contributed by atoms with Crippen LogP contribution in [0.4, 0.5) is 29.3 Å². The fraction of sp³-hybridized carbons (Fsp3) is 0.385. The average molecular weight is 490 g/mol. The maximum atomic E-state index is 13.0. The number of carbonyl (C=O) groups excluding carboxylic acids is 2. The third-order valence-corrected chi connectivity index (χ3v) is 5.34. The maximum Gasteiger partial charge on any atom is 0.416 e. The molecule has 2 aromatic carbocycles. The molecule has 1 unspecified atom stereocenters. The molecule has 9 heteroatoms. The Labute approximate surface area is 203 Å². The van der Waals surface area contributed by atoms with Gasteiger partial charge in [0.05, 0.1) is 5.56 Å². The van der Waals surface area contributed by atoms with Gasteiger partial charge in [-0.2, -0.15) is 13.2 Å². The van der Waals surface area contributed by atoms with Crippen molar-refractivity contribution in [1.82, 2.24) is 10.6 Å². The van der Waals surface area contributed by atoms with Gasteiger partial charge in [0.1, 0.15) is 5.60 Å². The van der Waals surface area contributed by atoms with Gasteiger partial charge in [0.25, 0.3) is 0 Å². The number of amides is 2. The largest absolute Gasteiger partial charge is 0.444 e. The summed E-state index contributed by atoms with van der Waals surface area (Å²) >= 11 is 0. The number of ether oxygens (including phenoxy) is 1. The van der Waals surface area contributed by atoms with Crippen LogP contribution in [0.5, 0.6) is 0 Å². The van der Waals surface area contributed by atoms with Crippen LogP contribution in [0.2, 0.25) is 0 Å². The Balaban J connectivity index is 1.58. The normalized spacial score (nSPS) is 16.1. The number of benzene rings is 2. The summed E-state index contributed by atoms with van der Waals surface area (Å²) in [6.45, 7) is 6.39. The Morgan fingerprint density at radius 1 is 1.06 bits per heavy atom. The zero-order valence-electron chi connectivity index (χ0n) is 20.0. The number of para-hydroxylation sites is 1. The first-order chi connectivity index (χ1) is 16.4. The Kier molecular flexibility index (Phi) is 8.09. The standard InChI is InChI=1S/C26H30F3N3O3/c1-25(2,3)35-24(34)30-14-6-9-23(33)31-16-18-15-19-7-4-5-8-22(19)32(17-18)21-12-10-20(11-13-21)26(27,28)29/h4-13,18H,14-17H2,1-3H3,(H,30,34)(H,31,33)/b9-6+. The number of carbonyl (C=O) groups is 2. The van der Waals surface area contributed by atoms with Gasteiger partial charge in [0.15, 0.2) is 0 Å². The smallest absolute Gasteiger partial charge is 0.416 e. The number of alkyl halides is 3. The average Bonchev–Trinajstić information content (AvgIpc) is 2.78. The number of fused-ring (bicyclic) bond motifs is 1. The van der Waals surface area contributed by atoms with Crippen LogP contribution in [0.3, 0.4) is 0 Å². The molecule has 3 rings (SSSR count). The molecule has 6 nitrogen and oxygen atoms in total.